The van der Waals surface area contributed by atoms with Crippen LogP contribution >= 0.6 is 0 Å². The number of fused-ring (bicyclic) bond motifs is 1. The third kappa shape index (κ3) is 2.21. The summed E-state index contributed by atoms with van der Waals surface area (Å²) in [6.07, 6.45) is 3.81. The number of nitrogens with two attached hydrogens (primary N) is 1. The standard InChI is InChI=1S/C15H21N3O/c1-10-6-12-13(16)7-15(2,3)8-14(12)18(10)9-11-4-5-17-19-11/h4-6,13H,7-9,16H2,1-3H3. The van der Waals surface area contributed by atoms with Gasteiger partial charge in [-0.05, 0) is 36.8 Å². The quantitative estimate of drug-likeness (QED) is 0.902. The minimum Gasteiger partial charge on any atom is -0.359 e. The van der Waals surface area contributed by atoms with Crippen molar-refractivity contribution in [2.45, 2.75) is 46.2 Å². The summed E-state index contributed by atoms with van der Waals surface area (Å²) in [6, 6.07) is 4.29. The molecule has 1 atom stereocenters. The molecule has 4 heteroatoms. The Morgan fingerprint density at radius 1 is 1.53 bits per heavy atom. The number of aromatic nitrogens is 2. The Bertz CT molecular complexity index is 581. The van der Waals surface area contributed by atoms with Gasteiger partial charge in [-0.1, -0.05) is 19.0 Å². The summed E-state index contributed by atoms with van der Waals surface area (Å²) >= 11 is 0. The Hall–Kier alpha value is -1.55. The van der Waals surface area contributed by atoms with Gasteiger partial charge in [-0.2, -0.15) is 0 Å². The van der Waals surface area contributed by atoms with E-state index in [2.05, 4.69) is 36.6 Å². The normalized spacial score (nSPS) is 21.4. The SMILES string of the molecule is Cc1cc2c(n1Cc1ccno1)CC(C)(C)CC2N. The van der Waals surface area contributed by atoms with Gasteiger partial charge in [-0.25, -0.2) is 0 Å². The molecule has 0 aliphatic heterocycles. The maximum Gasteiger partial charge on any atom is 0.156 e. The first-order chi connectivity index (χ1) is 8.96. The van der Waals surface area contributed by atoms with Crippen molar-refractivity contribution in [2.24, 2.45) is 11.1 Å². The molecule has 2 heterocycles. The molecule has 1 unspecified atom stereocenters. The first kappa shape index (κ1) is 12.5. The van der Waals surface area contributed by atoms with Crippen LogP contribution in [0.3, 0.4) is 0 Å². The predicted molar refractivity (Wildman–Crippen MR) is 73.8 cm³/mol. The van der Waals surface area contributed by atoms with E-state index in [1.54, 1.807) is 6.20 Å². The fourth-order valence-corrected chi connectivity index (χ4v) is 3.20. The molecule has 2 N–H and O–H groups in total. The smallest absolute Gasteiger partial charge is 0.156 e. The van der Waals surface area contributed by atoms with E-state index in [4.69, 9.17) is 10.3 Å². The average Bonchev–Trinajstić information content (AvgIpc) is 2.90. The van der Waals surface area contributed by atoms with E-state index in [-0.39, 0.29) is 11.5 Å². The van der Waals surface area contributed by atoms with Crippen LogP contribution in [-0.2, 0) is 13.0 Å². The number of rotatable bonds is 2. The molecule has 19 heavy (non-hydrogen) atoms. The molecule has 4 nitrogen and oxygen atoms in total. The maximum absolute atomic E-state index is 6.33. The van der Waals surface area contributed by atoms with Crippen molar-refractivity contribution >= 4 is 0 Å². The fraction of sp³-hybridized carbons (Fsp3) is 0.533. The van der Waals surface area contributed by atoms with E-state index in [0.29, 0.717) is 0 Å². The molecule has 0 amide bonds. The predicted octanol–water partition coefficient (Wildman–Crippen LogP) is 2.81. The number of hydrogen-bond acceptors (Lipinski definition) is 3. The first-order valence-electron chi connectivity index (χ1n) is 6.80. The van der Waals surface area contributed by atoms with Crippen molar-refractivity contribution in [1.82, 2.24) is 9.72 Å². The third-order valence-electron chi connectivity index (χ3n) is 4.07. The van der Waals surface area contributed by atoms with Gasteiger partial charge < -0.3 is 14.8 Å². The molecule has 0 spiro atoms. The molecule has 0 aromatic carbocycles. The third-order valence-corrected chi connectivity index (χ3v) is 4.07. The molecule has 0 fully saturated rings. The van der Waals surface area contributed by atoms with Crippen LogP contribution < -0.4 is 5.73 Å². The van der Waals surface area contributed by atoms with Crippen molar-refractivity contribution in [3.8, 4) is 0 Å². The molecular formula is C15H21N3O. The van der Waals surface area contributed by atoms with Crippen LogP contribution in [0.2, 0.25) is 0 Å². The van der Waals surface area contributed by atoms with Crippen molar-refractivity contribution < 1.29 is 4.52 Å². The fourth-order valence-electron chi connectivity index (χ4n) is 3.20. The van der Waals surface area contributed by atoms with E-state index in [0.717, 1.165) is 25.1 Å². The Balaban J connectivity index is 2.02. The summed E-state index contributed by atoms with van der Waals surface area (Å²) in [6.45, 7) is 7.45. The van der Waals surface area contributed by atoms with E-state index in [1.165, 1.54) is 17.0 Å². The van der Waals surface area contributed by atoms with E-state index in [9.17, 15) is 0 Å². The molecule has 2 aromatic heterocycles. The topological polar surface area (TPSA) is 57.0 Å². The molecule has 0 saturated heterocycles. The highest BCUT2D eigenvalue weighted by atomic mass is 16.5. The van der Waals surface area contributed by atoms with Gasteiger partial charge in [0.25, 0.3) is 0 Å². The molecular weight excluding hydrogens is 238 g/mol. The second-order valence-electron chi connectivity index (χ2n) is 6.40. The zero-order valence-corrected chi connectivity index (χ0v) is 11.8. The van der Waals surface area contributed by atoms with Crippen LogP contribution in [0.15, 0.2) is 22.9 Å². The summed E-state index contributed by atoms with van der Waals surface area (Å²) in [7, 11) is 0. The van der Waals surface area contributed by atoms with Gasteiger partial charge in [0.15, 0.2) is 5.76 Å². The summed E-state index contributed by atoms with van der Waals surface area (Å²) in [5, 5.41) is 3.77. The van der Waals surface area contributed by atoms with Gasteiger partial charge in [0, 0.05) is 23.5 Å². The minimum absolute atomic E-state index is 0.147. The van der Waals surface area contributed by atoms with Crippen LogP contribution in [0.4, 0.5) is 0 Å². The maximum atomic E-state index is 6.33. The lowest BCUT2D eigenvalue weighted by molar-refractivity contribution is 0.274. The van der Waals surface area contributed by atoms with Crippen LogP contribution in [-0.4, -0.2) is 9.72 Å². The lowest BCUT2D eigenvalue weighted by atomic mass is 9.74. The Morgan fingerprint density at radius 3 is 3.00 bits per heavy atom. The lowest BCUT2D eigenvalue weighted by Crippen LogP contribution is -2.30. The molecule has 2 aromatic rings. The Morgan fingerprint density at radius 2 is 2.32 bits per heavy atom. The van der Waals surface area contributed by atoms with Crippen LogP contribution in [0.5, 0.6) is 0 Å². The molecule has 0 bridgehead atoms. The first-order valence-corrected chi connectivity index (χ1v) is 6.80. The molecule has 0 saturated carbocycles. The van der Waals surface area contributed by atoms with Crippen LogP contribution in [0.25, 0.3) is 0 Å². The summed E-state index contributed by atoms with van der Waals surface area (Å²) in [4.78, 5) is 0. The largest absolute Gasteiger partial charge is 0.359 e. The highest BCUT2D eigenvalue weighted by molar-refractivity contribution is 5.34. The highest BCUT2D eigenvalue weighted by Gasteiger charge is 2.33. The summed E-state index contributed by atoms with van der Waals surface area (Å²) < 4.78 is 7.55. The highest BCUT2D eigenvalue weighted by Crippen LogP contribution is 2.41. The van der Waals surface area contributed by atoms with Crippen LogP contribution in [0, 0.1) is 12.3 Å². The number of aryl methyl sites for hydroxylation is 1. The van der Waals surface area contributed by atoms with Crippen molar-refractivity contribution in [3.05, 3.63) is 41.0 Å². The second kappa shape index (κ2) is 4.23. The van der Waals surface area contributed by atoms with Gasteiger partial charge in [0.05, 0.1) is 12.7 Å². The van der Waals surface area contributed by atoms with Gasteiger partial charge in [-0.15, -0.1) is 0 Å². The molecule has 102 valence electrons. The summed E-state index contributed by atoms with van der Waals surface area (Å²) in [5.41, 5.74) is 10.5. The van der Waals surface area contributed by atoms with E-state index >= 15 is 0 Å². The molecule has 3 rings (SSSR count). The van der Waals surface area contributed by atoms with Crippen LogP contribution in [0.1, 0.15) is 49.0 Å². The molecule has 1 aliphatic carbocycles. The Kier molecular flexibility index (Phi) is 2.78. The van der Waals surface area contributed by atoms with Crippen molar-refractivity contribution in [2.75, 3.05) is 0 Å². The molecule has 0 radical (unpaired) electrons. The second-order valence-corrected chi connectivity index (χ2v) is 6.40. The van der Waals surface area contributed by atoms with Gasteiger partial charge in [-0.3, -0.25) is 0 Å². The van der Waals surface area contributed by atoms with Gasteiger partial charge >= 0.3 is 0 Å². The number of nitrogens with zero attached hydrogens (tertiary/aromatic N) is 2. The van der Waals surface area contributed by atoms with E-state index < -0.39 is 0 Å². The minimum atomic E-state index is 0.147. The van der Waals surface area contributed by atoms with Crippen molar-refractivity contribution in [3.63, 3.8) is 0 Å². The van der Waals surface area contributed by atoms with Gasteiger partial charge in [0.1, 0.15) is 0 Å². The zero-order chi connectivity index (χ0) is 13.6. The summed E-state index contributed by atoms with van der Waals surface area (Å²) in [5.74, 6) is 0.887. The van der Waals surface area contributed by atoms with Crippen molar-refractivity contribution in [1.29, 1.82) is 0 Å². The Labute approximate surface area is 113 Å². The lowest BCUT2D eigenvalue weighted by Gasteiger charge is -2.34. The zero-order valence-electron chi connectivity index (χ0n) is 11.8. The number of hydrogen-bond donors (Lipinski definition) is 1. The van der Waals surface area contributed by atoms with Gasteiger partial charge in [0.2, 0.25) is 0 Å². The average molecular weight is 259 g/mol. The monoisotopic (exact) mass is 259 g/mol. The van der Waals surface area contributed by atoms with E-state index in [1.807, 2.05) is 6.07 Å². The molecule has 1 aliphatic rings.